The van der Waals surface area contributed by atoms with Gasteiger partial charge in [0.1, 0.15) is 5.69 Å². The number of nitrogens with zero attached hydrogens (tertiary/aromatic N) is 2. The van der Waals surface area contributed by atoms with E-state index in [9.17, 15) is 4.79 Å². The normalized spacial score (nSPS) is 10.2. The van der Waals surface area contributed by atoms with Crippen molar-refractivity contribution in [1.29, 1.82) is 0 Å². The predicted octanol–water partition coefficient (Wildman–Crippen LogP) is 2.88. The Hall–Kier alpha value is -1.16. The maximum absolute atomic E-state index is 12.2. The second-order valence-corrected chi connectivity index (χ2v) is 4.53. The molecule has 86 valence electrons. The van der Waals surface area contributed by atoms with Gasteiger partial charge in [-0.05, 0) is 41.9 Å². The maximum Gasteiger partial charge on any atom is 0.274 e. The molecule has 0 aliphatic heterocycles. The van der Waals surface area contributed by atoms with E-state index in [1.165, 1.54) is 0 Å². The third-order valence-corrected chi connectivity index (χ3v) is 2.81. The van der Waals surface area contributed by atoms with Gasteiger partial charge in [0.25, 0.3) is 5.91 Å². The largest absolute Gasteiger partial charge is 0.331 e. The summed E-state index contributed by atoms with van der Waals surface area (Å²) < 4.78 is 0.717. The van der Waals surface area contributed by atoms with Gasteiger partial charge >= 0.3 is 0 Å². The molecule has 0 saturated carbocycles. The van der Waals surface area contributed by atoms with Gasteiger partial charge in [0.15, 0.2) is 0 Å². The third kappa shape index (κ3) is 2.92. The van der Waals surface area contributed by atoms with E-state index < -0.39 is 0 Å². The number of carbonyl (C=O) groups excluding carboxylic acids is 1. The Balaban J connectivity index is 2.99. The minimum Gasteiger partial charge on any atom is -0.331 e. The van der Waals surface area contributed by atoms with Gasteiger partial charge in [-0.3, -0.25) is 4.79 Å². The van der Waals surface area contributed by atoms with Crippen molar-refractivity contribution in [2.24, 2.45) is 0 Å². The zero-order valence-corrected chi connectivity index (χ0v) is 11.1. The van der Waals surface area contributed by atoms with Crippen LogP contribution in [0, 0.1) is 0 Å². The number of hydrogen-bond donors (Lipinski definition) is 0. The van der Waals surface area contributed by atoms with Crippen LogP contribution in [0.2, 0.25) is 0 Å². The number of halogens is 1. The highest BCUT2D eigenvalue weighted by molar-refractivity contribution is 9.10. The van der Waals surface area contributed by atoms with Crippen LogP contribution in [0.15, 0.2) is 35.5 Å². The highest BCUT2D eigenvalue weighted by Gasteiger charge is 2.20. The first-order valence-electron chi connectivity index (χ1n) is 5.10. The van der Waals surface area contributed by atoms with Gasteiger partial charge in [0, 0.05) is 23.3 Å². The molecule has 0 atom stereocenters. The van der Waals surface area contributed by atoms with Gasteiger partial charge in [-0.2, -0.15) is 0 Å². The van der Waals surface area contributed by atoms with Crippen molar-refractivity contribution in [1.82, 2.24) is 9.88 Å². The first-order chi connectivity index (χ1) is 7.57. The molecular weight excluding hydrogens is 268 g/mol. The quantitative estimate of drug-likeness (QED) is 0.796. The highest BCUT2D eigenvalue weighted by atomic mass is 79.9. The van der Waals surface area contributed by atoms with Gasteiger partial charge in [0.05, 0.1) is 0 Å². The van der Waals surface area contributed by atoms with E-state index in [4.69, 9.17) is 0 Å². The van der Waals surface area contributed by atoms with E-state index in [1.54, 1.807) is 23.2 Å². The molecule has 4 heteroatoms. The Bertz CT molecular complexity index is 390. The minimum atomic E-state index is -0.0811. The molecule has 0 saturated heterocycles. The topological polar surface area (TPSA) is 33.2 Å². The molecule has 0 unspecified atom stereocenters. The minimum absolute atomic E-state index is 0.0811. The molecule has 0 bridgehead atoms. The predicted molar refractivity (Wildman–Crippen MR) is 68.3 cm³/mol. The smallest absolute Gasteiger partial charge is 0.274 e. The molecule has 0 radical (unpaired) electrons. The molecule has 1 aromatic rings. The van der Waals surface area contributed by atoms with Gasteiger partial charge in [-0.15, -0.1) is 6.58 Å². The number of aromatic nitrogens is 1. The zero-order chi connectivity index (χ0) is 12.1. The first-order valence-corrected chi connectivity index (χ1v) is 5.89. The Labute approximate surface area is 104 Å². The molecule has 16 heavy (non-hydrogen) atoms. The van der Waals surface area contributed by atoms with Crippen LogP contribution in [0.3, 0.4) is 0 Å². The van der Waals surface area contributed by atoms with Gasteiger partial charge in [0.2, 0.25) is 0 Å². The number of rotatable bonds is 4. The summed E-state index contributed by atoms with van der Waals surface area (Å²) in [6.45, 7) is 8.12. The first kappa shape index (κ1) is 12.9. The summed E-state index contributed by atoms with van der Waals surface area (Å²) in [6.07, 6.45) is 3.33. The zero-order valence-electron chi connectivity index (χ0n) is 9.48. The molecule has 0 fully saturated rings. The maximum atomic E-state index is 12.2. The summed E-state index contributed by atoms with van der Waals surface area (Å²) in [6, 6.07) is 3.72. The molecular formula is C12H15BrN2O. The Morgan fingerprint density at radius 3 is 2.88 bits per heavy atom. The SMILES string of the molecule is C=CCN(C(=O)c1ncccc1Br)C(C)C. The summed E-state index contributed by atoms with van der Waals surface area (Å²) in [7, 11) is 0. The van der Waals surface area contributed by atoms with Crippen LogP contribution in [-0.2, 0) is 0 Å². The number of hydrogen-bond acceptors (Lipinski definition) is 2. The van der Waals surface area contributed by atoms with Gasteiger partial charge in [-0.1, -0.05) is 6.08 Å². The van der Waals surface area contributed by atoms with Crippen molar-refractivity contribution >= 4 is 21.8 Å². The van der Waals surface area contributed by atoms with Crippen LogP contribution < -0.4 is 0 Å². The molecule has 0 aliphatic rings. The fourth-order valence-electron chi connectivity index (χ4n) is 1.35. The monoisotopic (exact) mass is 282 g/mol. The van der Waals surface area contributed by atoms with Crippen molar-refractivity contribution in [3.05, 3.63) is 41.2 Å². The second kappa shape index (κ2) is 5.80. The van der Waals surface area contributed by atoms with Crippen LogP contribution in [0.4, 0.5) is 0 Å². The number of pyridine rings is 1. The van der Waals surface area contributed by atoms with Crippen molar-refractivity contribution in [3.8, 4) is 0 Å². The van der Waals surface area contributed by atoms with Crippen LogP contribution >= 0.6 is 15.9 Å². The lowest BCUT2D eigenvalue weighted by molar-refractivity contribution is 0.0721. The summed E-state index contributed by atoms with van der Waals surface area (Å²) in [5, 5.41) is 0. The summed E-state index contributed by atoms with van der Waals surface area (Å²) >= 11 is 3.33. The second-order valence-electron chi connectivity index (χ2n) is 3.67. The Morgan fingerprint density at radius 1 is 1.69 bits per heavy atom. The van der Waals surface area contributed by atoms with Crippen LogP contribution in [0.5, 0.6) is 0 Å². The summed E-state index contributed by atoms with van der Waals surface area (Å²) in [5.74, 6) is -0.0811. The highest BCUT2D eigenvalue weighted by Crippen LogP contribution is 2.16. The van der Waals surface area contributed by atoms with Crippen molar-refractivity contribution < 1.29 is 4.79 Å². The lowest BCUT2D eigenvalue weighted by Crippen LogP contribution is -2.37. The van der Waals surface area contributed by atoms with Gasteiger partial charge < -0.3 is 4.90 Å². The van der Waals surface area contributed by atoms with Crippen molar-refractivity contribution in [2.45, 2.75) is 19.9 Å². The van der Waals surface area contributed by atoms with Crippen LogP contribution in [-0.4, -0.2) is 28.4 Å². The molecule has 0 N–H and O–H groups in total. The fourth-order valence-corrected chi connectivity index (χ4v) is 1.77. The van der Waals surface area contributed by atoms with E-state index in [2.05, 4.69) is 27.5 Å². The molecule has 3 nitrogen and oxygen atoms in total. The lowest BCUT2D eigenvalue weighted by atomic mass is 10.2. The van der Waals surface area contributed by atoms with Crippen LogP contribution in [0.1, 0.15) is 24.3 Å². The molecule has 0 aliphatic carbocycles. The summed E-state index contributed by atoms with van der Waals surface area (Å²) in [5.41, 5.74) is 0.443. The van der Waals surface area contributed by atoms with E-state index >= 15 is 0 Å². The molecule has 1 amide bonds. The lowest BCUT2D eigenvalue weighted by Gasteiger charge is -2.25. The van der Waals surface area contributed by atoms with E-state index in [-0.39, 0.29) is 11.9 Å². The molecule has 1 rings (SSSR count). The average Bonchev–Trinajstić information content (AvgIpc) is 2.25. The van der Waals surface area contributed by atoms with Crippen molar-refractivity contribution in [3.63, 3.8) is 0 Å². The molecule has 0 spiro atoms. The van der Waals surface area contributed by atoms with Crippen LogP contribution in [0.25, 0.3) is 0 Å². The summed E-state index contributed by atoms with van der Waals surface area (Å²) in [4.78, 5) is 18.0. The number of amides is 1. The Kier molecular flexibility index (Phi) is 4.68. The van der Waals surface area contributed by atoms with Crippen molar-refractivity contribution in [2.75, 3.05) is 6.54 Å². The molecule has 1 aromatic heterocycles. The number of carbonyl (C=O) groups is 1. The standard InChI is InChI=1S/C12H15BrN2O/c1-4-8-15(9(2)3)12(16)11-10(13)6-5-7-14-11/h4-7,9H,1,8H2,2-3H3. The van der Waals surface area contributed by atoms with Gasteiger partial charge in [-0.25, -0.2) is 4.98 Å². The average molecular weight is 283 g/mol. The third-order valence-electron chi connectivity index (χ3n) is 2.17. The Morgan fingerprint density at radius 2 is 2.38 bits per heavy atom. The van der Waals surface area contributed by atoms with E-state index in [0.29, 0.717) is 12.2 Å². The van der Waals surface area contributed by atoms with E-state index in [1.807, 2.05) is 19.9 Å². The fraction of sp³-hybridized carbons (Fsp3) is 0.333. The van der Waals surface area contributed by atoms with E-state index in [0.717, 1.165) is 4.47 Å². The molecule has 1 heterocycles. The molecule has 0 aromatic carbocycles.